The molecule has 3 rings (SSSR count). The van der Waals surface area contributed by atoms with Crippen molar-refractivity contribution in [2.45, 2.75) is 6.92 Å². The van der Waals surface area contributed by atoms with Crippen LogP contribution in [0.5, 0.6) is 0 Å². The van der Waals surface area contributed by atoms with Crippen molar-refractivity contribution in [2.75, 3.05) is 0 Å². The maximum absolute atomic E-state index is 11.4. The monoisotopic (exact) mass is 258 g/mol. The molecule has 96 valence electrons. The molecule has 0 aliphatic rings. The summed E-state index contributed by atoms with van der Waals surface area (Å²) in [7, 11) is 1.76. The molecule has 0 radical (unpaired) electrons. The summed E-state index contributed by atoms with van der Waals surface area (Å²) in [4.78, 5) is 19.4. The number of hydrogen-bond acceptors (Lipinski definition) is 5. The fourth-order valence-electron chi connectivity index (χ4n) is 2.11. The number of carboxylic acids is 1. The number of carboxylic acid groups (broad SMARTS) is 1. The van der Waals surface area contributed by atoms with E-state index in [2.05, 4.69) is 20.2 Å². The molecule has 0 aliphatic carbocycles. The molecule has 0 aromatic carbocycles. The Morgan fingerprint density at radius 1 is 1.42 bits per heavy atom. The van der Waals surface area contributed by atoms with Gasteiger partial charge >= 0.3 is 5.97 Å². The lowest BCUT2D eigenvalue weighted by molar-refractivity contribution is 0.0696. The Hall–Kier alpha value is -2.77. The largest absolute Gasteiger partial charge is 0.478 e. The molecule has 0 amide bonds. The lowest BCUT2D eigenvalue weighted by Gasteiger charge is -2.07. The van der Waals surface area contributed by atoms with Gasteiger partial charge in [-0.05, 0) is 6.92 Å². The van der Waals surface area contributed by atoms with Gasteiger partial charge in [-0.3, -0.25) is 4.68 Å². The second-order valence-corrected chi connectivity index (χ2v) is 4.07. The van der Waals surface area contributed by atoms with Gasteiger partial charge in [0.05, 0.1) is 16.8 Å². The molecular weight excluding hydrogens is 248 g/mol. The van der Waals surface area contributed by atoms with E-state index < -0.39 is 5.97 Å². The zero-order valence-corrected chi connectivity index (χ0v) is 10.3. The molecule has 0 aliphatic heterocycles. The molecular formula is C11H10N6O2. The Kier molecular flexibility index (Phi) is 2.31. The Morgan fingerprint density at radius 3 is 2.84 bits per heavy atom. The van der Waals surface area contributed by atoms with Gasteiger partial charge in [-0.2, -0.15) is 10.2 Å². The van der Waals surface area contributed by atoms with Crippen molar-refractivity contribution in [2.24, 2.45) is 7.05 Å². The second kappa shape index (κ2) is 3.87. The third kappa shape index (κ3) is 1.57. The van der Waals surface area contributed by atoms with E-state index in [1.54, 1.807) is 18.7 Å². The number of nitrogens with zero attached hydrogens (tertiary/aromatic N) is 6. The van der Waals surface area contributed by atoms with E-state index in [1.165, 1.54) is 23.5 Å². The minimum absolute atomic E-state index is 0.0640. The van der Waals surface area contributed by atoms with E-state index >= 15 is 0 Å². The summed E-state index contributed by atoms with van der Waals surface area (Å²) in [6.45, 7) is 1.80. The lowest BCUT2D eigenvalue weighted by atomic mass is 10.1. The lowest BCUT2D eigenvalue weighted by Crippen LogP contribution is -2.08. The molecule has 0 bridgehead atoms. The van der Waals surface area contributed by atoms with Crippen molar-refractivity contribution >= 4 is 17.0 Å². The van der Waals surface area contributed by atoms with E-state index in [0.717, 1.165) is 0 Å². The molecule has 0 saturated heterocycles. The minimum atomic E-state index is -1.07. The number of rotatable bonds is 2. The summed E-state index contributed by atoms with van der Waals surface area (Å²) < 4.78 is 3.03. The van der Waals surface area contributed by atoms with E-state index in [0.29, 0.717) is 22.4 Å². The smallest absolute Gasteiger partial charge is 0.339 e. The molecule has 0 unspecified atom stereocenters. The van der Waals surface area contributed by atoms with Crippen LogP contribution in [0.1, 0.15) is 16.1 Å². The molecule has 8 heteroatoms. The third-order valence-corrected chi connectivity index (χ3v) is 2.88. The molecule has 0 spiro atoms. The standard InChI is InChI=1S/C11H10N6O2/c1-6-8-9(17-5-12-4-14-17)7(11(18)19)3-13-10(8)16(2)15-6/h3-5H,1-2H3,(H,18,19). The van der Waals surface area contributed by atoms with Crippen LogP contribution in [0, 0.1) is 6.92 Å². The van der Waals surface area contributed by atoms with E-state index in [-0.39, 0.29) is 5.56 Å². The van der Waals surface area contributed by atoms with Crippen molar-refractivity contribution in [3.05, 3.63) is 30.1 Å². The third-order valence-electron chi connectivity index (χ3n) is 2.88. The van der Waals surface area contributed by atoms with Crippen molar-refractivity contribution in [3.63, 3.8) is 0 Å². The van der Waals surface area contributed by atoms with Crippen LogP contribution in [0.2, 0.25) is 0 Å². The molecule has 8 nitrogen and oxygen atoms in total. The summed E-state index contributed by atoms with van der Waals surface area (Å²) in [5, 5.41) is 18.2. The Labute approximate surface area is 107 Å². The maximum atomic E-state index is 11.4. The van der Waals surface area contributed by atoms with Crippen molar-refractivity contribution in [1.82, 2.24) is 29.5 Å². The molecule has 3 aromatic heterocycles. The SMILES string of the molecule is Cc1nn(C)c2ncc(C(=O)O)c(-n3cncn3)c12. The maximum Gasteiger partial charge on any atom is 0.339 e. The van der Waals surface area contributed by atoms with Gasteiger partial charge in [0.1, 0.15) is 18.2 Å². The molecule has 0 saturated carbocycles. The molecule has 0 atom stereocenters. The second-order valence-electron chi connectivity index (χ2n) is 4.07. The first-order chi connectivity index (χ1) is 9.09. The Balaban J connectivity index is 2.49. The zero-order valence-electron chi connectivity index (χ0n) is 10.3. The summed E-state index contributed by atoms with van der Waals surface area (Å²) in [5.74, 6) is -1.07. The molecule has 3 aromatic rings. The number of aryl methyl sites for hydroxylation is 2. The van der Waals surface area contributed by atoms with Crippen LogP contribution < -0.4 is 0 Å². The van der Waals surface area contributed by atoms with Gasteiger partial charge in [-0.25, -0.2) is 19.4 Å². The molecule has 0 fully saturated rings. The van der Waals surface area contributed by atoms with Crippen LogP contribution in [0.3, 0.4) is 0 Å². The topological polar surface area (TPSA) is 98.7 Å². The highest BCUT2D eigenvalue weighted by atomic mass is 16.4. The van der Waals surface area contributed by atoms with Crippen molar-refractivity contribution in [3.8, 4) is 5.69 Å². The van der Waals surface area contributed by atoms with E-state index in [1.807, 2.05) is 0 Å². The fourth-order valence-corrected chi connectivity index (χ4v) is 2.11. The summed E-state index contributed by atoms with van der Waals surface area (Å²) in [5.41, 5.74) is 1.79. The van der Waals surface area contributed by atoms with Gasteiger partial charge in [-0.15, -0.1) is 0 Å². The first-order valence-electron chi connectivity index (χ1n) is 5.50. The number of carbonyl (C=O) groups is 1. The highest BCUT2D eigenvalue weighted by Gasteiger charge is 2.21. The van der Waals surface area contributed by atoms with Crippen LogP contribution >= 0.6 is 0 Å². The number of aromatic nitrogens is 6. The van der Waals surface area contributed by atoms with Gasteiger partial charge in [0.15, 0.2) is 5.65 Å². The molecule has 19 heavy (non-hydrogen) atoms. The highest BCUT2D eigenvalue weighted by molar-refractivity contribution is 6.00. The van der Waals surface area contributed by atoms with Crippen molar-refractivity contribution < 1.29 is 9.90 Å². The first-order valence-corrected chi connectivity index (χ1v) is 5.50. The quantitative estimate of drug-likeness (QED) is 0.720. The first kappa shape index (κ1) is 11.3. The van der Waals surface area contributed by atoms with Crippen LogP contribution in [-0.4, -0.2) is 40.6 Å². The van der Waals surface area contributed by atoms with Crippen LogP contribution in [0.15, 0.2) is 18.9 Å². The van der Waals surface area contributed by atoms with Crippen LogP contribution in [0.25, 0.3) is 16.7 Å². The zero-order chi connectivity index (χ0) is 13.6. The average molecular weight is 258 g/mol. The van der Waals surface area contributed by atoms with Gasteiger partial charge in [0.2, 0.25) is 0 Å². The number of fused-ring (bicyclic) bond motifs is 1. The van der Waals surface area contributed by atoms with Gasteiger partial charge < -0.3 is 5.11 Å². The molecule has 1 N–H and O–H groups in total. The van der Waals surface area contributed by atoms with Gasteiger partial charge in [0, 0.05) is 13.2 Å². The van der Waals surface area contributed by atoms with Gasteiger partial charge in [0.25, 0.3) is 0 Å². The minimum Gasteiger partial charge on any atom is -0.478 e. The number of aromatic carboxylic acids is 1. The van der Waals surface area contributed by atoms with Gasteiger partial charge in [-0.1, -0.05) is 0 Å². The van der Waals surface area contributed by atoms with E-state index in [9.17, 15) is 9.90 Å². The fraction of sp³-hybridized carbons (Fsp3) is 0.182. The Morgan fingerprint density at radius 2 is 2.21 bits per heavy atom. The Bertz CT molecular complexity index is 774. The molecule has 3 heterocycles. The van der Waals surface area contributed by atoms with Crippen LogP contribution in [0.4, 0.5) is 0 Å². The summed E-state index contributed by atoms with van der Waals surface area (Å²) in [6.07, 6.45) is 4.11. The average Bonchev–Trinajstić information content (AvgIpc) is 2.98. The van der Waals surface area contributed by atoms with Crippen molar-refractivity contribution in [1.29, 1.82) is 0 Å². The summed E-state index contributed by atoms with van der Waals surface area (Å²) >= 11 is 0. The number of hydrogen-bond donors (Lipinski definition) is 1. The highest BCUT2D eigenvalue weighted by Crippen LogP contribution is 2.26. The van der Waals surface area contributed by atoms with Crippen LogP contribution in [-0.2, 0) is 7.05 Å². The predicted octanol–water partition coefficient (Wildman–Crippen LogP) is 0.556. The normalized spacial score (nSPS) is 11.1. The number of pyridine rings is 1. The summed E-state index contributed by atoms with van der Waals surface area (Å²) in [6, 6.07) is 0. The van der Waals surface area contributed by atoms with E-state index in [4.69, 9.17) is 0 Å². The predicted molar refractivity (Wildman–Crippen MR) is 65.1 cm³/mol.